The molecule has 0 radical (unpaired) electrons. The van der Waals surface area contributed by atoms with Gasteiger partial charge in [-0.1, -0.05) is 12.1 Å². The van der Waals surface area contributed by atoms with E-state index in [1.54, 1.807) is 24.0 Å². The van der Waals surface area contributed by atoms with Crippen molar-refractivity contribution in [2.45, 2.75) is 20.0 Å². The minimum absolute atomic E-state index is 0.0859. The lowest BCUT2D eigenvalue weighted by atomic mass is 10.1. The summed E-state index contributed by atoms with van der Waals surface area (Å²) in [6, 6.07) is 6.34. The second-order valence-corrected chi connectivity index (χ2v) is 6.08. The molecule has 9 heteroatoms. The van der Waals surface area contributed by atoms with Gasteiger partial charge < -0.3 is 19.7 Å². The Balaban J connectivity index is 1.63. The van der Waals surface area contributed by atoms with E-state index in [0.717, 1.165) is 5.56 Å². The third-order valence-corrected chi connectivity index (χ3v) is 4.15. The van der Waals surface area contributed by atoms with E-state index in [9.17, 15) is 18.4 Å². The average Bonchev–Trinajstić information content (AvgIpc) is 2.63. The summed E-state index contributed by atoms with van der Waals surface area (Å²) in [7, 11) is 0. The number of hydrogen-bond acceptors (Lipinski definition) is 5. The molecule has 1 N–H and O–H groups in total. The zero-order valence-corrected chi connectivity index (χ0v) is 15.3. The van der Waals surface area contributed by atoms with Crippen LogP contribution in [0.2, 0.25) is 0 Å². The number of halogens is 2. The monoisotopic (exact) mass is 385 g/mol. The van der Waals surface area contributed by atoms with Gasteiger partial charge in [-0.25, -0.2) is 4.79 Å². The number of piperazine rings is 1. The number of nitrogens with one attached hydrogen (secondary N) is 1. The van der Waals surface area contributed by atoms with Gasteiger partial charge in [0.25, 0.3) is 0 Å². The van der Waals surface area contributed by atoms with E-state index in [-0.39, 0.29) is 24.3 Å². The van der Waals surface area contributed by atoms with E-state index in [1.165, 1.54) is 12.1 Å². The van der Waals surface area contributed by atoms with Gasteiger partial charge in [-0.2, -0.15) is 8.78 Å². The predicted octanol–water partition coefficient (Wildman–Crippen LogP) is 1.72. The smallest absolute Gasteiger partial charge is 0.409 e. The molecule has 1 aliphatic heterocycles. The fourth-order valence-electron chi connectivity index (χ4n) is 2.75. The number of ether oxygens (including phenoxy) is 2. The zero-order chi connectivity index (χ0) is 19.6. The predicted molar refractivity (Wildman–Crippen MR) is 94.8 cm³/mol. The summed E-state index contributed by atoms with van der Waals surface area (Å²) >= 11 is 0. The van der Waals surface area contributed by atoms with E-state index in [4.69, 9.17) is 4.74 Å². The molecule has 1 saturated heterocycles. The molecule has 0 unspecified atom stereocenters. The van der Waals surface area contributed by atoms with Crippen LogP contribution in [0.4, 0.5) is 13.6 Å². The topological polar surface area (TPSA) is 71.1 Å². The van der Waals surface area contributed by atoms with Gasteiger partial charge in [-0.15, -0.1) is 0 Å². The maximum absolute atomic E-state index is 12.1. The lowest BCUT2D eigenvalue weighted by Crippen LogP contribution is -2.51. The van der Waals surface area contributed by atoms with Gasteiger partial charge in [-0.3, -0.25) is 9.69 Å². The number of carbonyl (C=O) groups is 2. The lowest BCUT2D eigenvalue weighted by Gasteiger charge is -2.33. The second kappa shape index (κ2) is 10.7. The fraction of sp³-hybridized carbons (Fsp3) is 0.556. The summed E-state index contributed by atoms with van der Waals surface area (Å²) in [5, 5.41) is 2.84. The fourth-order valence-corrected chi connectivity index (χ4v) is 2.75. The van der Waals surface area contributed by atoms with Crippen molar-refractivity contribution in [2.75, 3.05) is 45.9 Å². The molecule has 150 valence electrons. The van der Waals surface area contributed by atoms with Gasteiger partial charge >= 0.3 is 12.7 Å². The number of nitrogens with zero attached hydrogens (tertiary/aromatic N) is 2. The Morgan fingerprint density at radius 2 is 1.81 bits per heavy atom. The standard InChI is InChI=1S/C18H25F2N3O4/c1-2-26-18(25)23-11-9-22(10-12-23)13-16(24)21-8-7-14-3-5-15(6-4-14)27-17(19)20/h3-6,17H,2,7-13H2,1H3,(H,21,24). The van der Waals surface area contributed by atoms with Crippen LogP contribution >= 0.6 is 0 Å². The molecular formula is C18H25F2N3O4. The Kier molecular flexibility index (Phi) is 8.25. The molecule has 1 aromatic rings. The van der Waals surface area contributed by atoms with Crippen LogP contribution in [0.3, 0.4) is 0 Å². The number of hydrogen-bond donors (Lipinski definition) is 1. The first kappa shape index (κ1) is 20.9. The largest absolute Gasteiger partial charge is 0.450 e. The molecule has 0 atom stereocenters. The van der Waals surface area contributed by atoms with E-state index in [2.05, 4.69) is 10.1 Å². The minimum Gasteiger partial charge on any atom is -0.450 e. The molecule has 2 rings (SSSR count). The van der Waals surface area contributed by atoms with Crippen molar-refractivity contribution in [3.63, 3.8) is 0 Å². The summed E-state index contributed by atoms with van der Waals surface area (Å²) in [5.74, 6) is 0.0250. The van der Waals surface area contributed by atoms with Crippen LogP contribution in [0.15, 0.2) is 24.3 Å². The summed E-state index contributed by atoms with van der Waals surface area (Å²) in [5.41, 5.74) is 0.917. The van der Waals surface area contributed by atoms with Gasteiger partial charge in [0.1, 0.15) is 5.75 Å². The molecule has 1 heterocycles. The van der Waals surface area contributed by atoms with Crippen molar-refractivity contribution in [1.82, 2.24) is 15.1 Å². The lowest BCUT2D eigenvalue weighted by molar-refractivity contribution is -0.122. The van der Waals surface area contributed by atoms with E-state index in [0.29, 0.717) is 45.8 Å². The van der Waals surface area contributed by atoms with Crippen molar-refractivity contribution in [2.24, 2.45) is 0 Å². The number of alkyl halides is 2. The number of amides is 2. The molecule has 1 aliphatic rings. The highest BCUT2D eigenvalue weighted by Crippen LogP contribution is 2.15. The van der Waals surface area contributed by atoms with Crippen LogP contribution in [0.25, 0.3) is 0 Å². The third kappa shape index (κ3) is 7.38. The molecule has 0 aromatic heterocycles. The summed E-state index contributed by atoms with van der Waals surface area (Å²) < 4.78 is 33.5. The molecule has 0 aliphatic carbocycles. The quantitative estimate of drug-likeness (QED) is 0.738. The van der Waals surface area contributed by atoms with Gasteiger partial charge in [0, 0.05) is 32.7 Å². The van der Waals surface area contributed by atoms with E-state index < -0.39 is 6.61 Å². The highest BCUT2D eigenvalue weighted by Gasteiger charge is 2.22. The Morgan fingerprint density at radius 3 is 2.41 bits per heavy atom. The van der Waals surface area contributed by atoms with E-state index >= 15 is 0 Å². The van der Waals surface area contributed by atoms with Gasteiger partial charge in [-0.05, 0) is 31.0 Å². The van der Waals surface area contributed by atoms with Crippen LogP contribution < -0.4 is 10.1 Å². The molecule has 0 bridgehead atoms. The molecule has 2 amide bonds. The van der Waals surface area contributed by atoms with Crippen molar-refractivity contribution in [1.29, 1.82) is 0 Å². The normalized spacial score (nSPS) is 14.9. The van der Waals surface area contributed by atoms with Crippen LogP contribution in [0.1, 0.15) is 12.5 Å². The van der Waals surface area contributed by atoms with Gasteiger partial charge in [0.15, 0.2) is 0 Å². The number of benzene rings is 1. The molecule has 1 aromatic carbocycles. The highest BCUT2D eigenvalue weighted by molar-refractivity contribution is 5.78. The highest BCUT2D eigenvalue weighted by atomic mass is 19.3. The molecular weight excluding hydrogens is 360 g/mol. The Morgan fingerprint density at radius 1 is 1.15 bits per heavy atom. The Bertz CT molecular complexity index is 605. The van der Waals surface area contributed by atoms with Crippen LogP contribution in [0, 0.1) is 0 Å². The molecule has 7 nitrogen and oxygen atoms in total. The van der Waals surface area contributed by atoms with Gasteiger partial charge in [0.2, 0.25) is 5.91 Å². The maximum Gasteiger partial charge on any atom is 0.409 e. The van der Waals surface area contributed by atoms with Crippen LogP contribution in [-0.4, -0.2) is 74.3 Å². The second-order valence-electron chi connectivity index (χ2n) is 6.08. The van der Waals surface area contributed by atoms with Crippen LogP contribution in [0.5, 0.6) is 5.75 Å². The first-order valence-corrected chi connectivity index (χ1v) is 8.92. The summed E-state index contributed by atoms with van der Waals surface area (Å²) in [6.07, 6.45) is 0.281. The minimum atomic E-state index is -2.84. The third-order valence-electron chi connectivity index (χ3n) is 4.15. The van der Waals surface area contributed by atoms with Crippen molar-refractivity contribution in [3.05, 3.63) is 29.8 Å². The van der Waals surface area contributed by atoms with Crippen molar-refractivity contribution >= 4 is 12.0 Å². The van der Waals surface area contributed by atoms with Crippen molar-refractivity contribution < 1.29 is 27.8 Å². The molecule has 27 heavy (non-hydrogen) atoms. The maximum atomic E-state index is 12.1. The number of carbonyl (C=O) groups excluding carboxylic acids is 2. The summed E-state index contributed by atoms with van der Waals surface area (Å²) in [4.78, 5) is 27.3. The van der Waals surface area contributed by atoms with Gasteiger partial charge in [0.05, 0.1) is 13.2 Å². The van der Waals surface area contributed by atoms with E-state index in [1.807, 2.05) is 4.90 Å². The first-order chi connectivity index (χ1) is 13.0. The van der Waals surface area contributed by atoms with Crippen LogP contribution in [-0.2, 0) is 16.0 Å². The SMILES string of the molecule is CCOC(=O)N1CCN(CC(=O)NCCc2ccc(OC(F)F)cc2)CC1. The number of rotatable bonds is 8. The Labute approximate surface area is 157 Å². The Hall–Kier alpha value is -2.42. The van der Waals surface area contributed by atoms with Crippen molar-refractivity contribution in [3.8, 4) is 5.75 Å². The zero-order valence-electron chi connectivity index (χ0n) is 15.3. The average molecular weight is 385 g/mol. The first-order valence-electron chi connectivity index (χ1n) is 8.92. The summed E-state index contributed by atoms with van der Waals surface area (Å²) in [6.45, 7) is 2.34. The molecule has 0 saturated carbocycles. The molecule has 1 fully saturated rings. The molecule has 0 spiro atoms.